The molecular weight excluding hydrogens is 343 g/mol. The Kier molecular flexibility index (Phi) is 4.99. The van der Waals surface area contributed by atoms with Crippen LogP contribution in [-0.2, 0) is 11.3 Å². The van der Waals surface area contributed by atoms with Crippen molar-refractivity contribution >= 4 is 17.7 Å². The van der Waals surface area contributed by atoms with Crippen molar-refractivity contribution in [3.8, 4) is 11.6 Å². The Morgan fingerprint density at radius 1 is 1.36 bits per heavy atom. The minimum Gasteiger partial charge on any atom is -0.461 e. The van der Waals surface area contributed by atoms with Crippen molar-refractivity contribution in [2.75, 3.05) is 0 Å². The molecule has 1 amide bonds. The number of amides is 1. The molecule has 0 fully saturated rings. The molecule has 2 N–H and O–H groups in total. The van der Waals surface area contributed by atoms with Crippen LogP contribution >= 0.6 is 11.8 Å². The van der Waals surface area contributed by atoms with Crippen LogP contribution in [0.3, 0.4) is 0 Å². The molecule has 3 rings (SSSR count). The van der Waals surface area contributed by atoms with Gasteiger partial charge >= 0.3 is 0 Å². The van der Waals surface area contributed by atoms with Gasteiger partial charge in [0.15, 0.2) is 10.9 Å². The van der Waals surface area contributed by atoms with E-state index in [9.17, 15) is 9.18 Å². The fourth-order valence-electron chi connectivity index (χ4n) is 2.29. The van der Waals surface area contributed by atoms with Crippen LogP contribution in [0.5, 0.6) is 0 Å². The number of hydrogen-bond acceptors (Lipinski definition) is 5. The van der Waals surface area contributed by atoms with Gasteiger partial charge < -0.3 is 10.2 Å². The van der Waals surface area contributed by atoms with Gasteiger partial charge in [0, 0.05) is 6.54 Å². The summed E-state index contributed by atoms with van der Waals surface area (Å²) in [6, 6.07) is 9.14. The van der Waals surface area contributed by atoms with E-state index < -0.39 is 11.2 Å². The monoisotopic (exact) mass is 358 g/mol. The van der Waals surface area contributed by atoms with Crippen LogP contribution in [0.1, 0.15) is 10.8 Å². The average Bonchev–Trinajstić information content (AvgIpc) is 3.24. The van der Waals surface area contributed by atoms with Crippen LogP contribution in [0, 0.1) is 5.82 Å². The van der Waals surface area contributed by atoms with E-state index in [1.54, 1.807) is 29.0 Å². The summed E-state index contributed by atoms with van der Waals surface area (Å²) in [7, 11) is 0. The van der Waals surface area contributed by atoms with E-state index in [0.29, 0.717) is 28.8 Å². The molecule has 0 saturated carbocycles. The van der Waals surface area contributed by atoms with Gasteiger partial charge in [-0.15, -0.1) is 16.8 Å². The Balaban J connectivity index is 1.96. The molecule has 0 aliphatic heterocycles. The van der Waals surface area contributed by atoms with Crippen LogP contribution in [0.25, 0.3) is 11.6 Å². The maximum Gasteiger partial charge on any atom is 0.235 e. The maximum absolute atomic E-state index is 13.1. The van der Waals surface area contributed by atoms with E-state index in [4.69, 9.17) is 10.2 Å². The van der Waals surface area contributed by atoms with Crippen molar-refractivity contribution in [3.63, 3.8) is 0 Å². The lowest BCUT2D eigenvalue weighted by Gasteiger charge is -2.13. The Labute approximate surface area is 147 Å². The zero-order chi connectivity index (χ0) is 17.8. The van der Waals surface area contributed by atoms with Crippen molar-refractivity contribution < 1.29 is 13.6 Å². The second-order valence-corrected chi connectivity index (χ2v) is 6.21. The molecule has 8 heteroatoms. The lowest BCUT2D eigenvalue weighted by Crippen LogP contribution is -2.19. The highest BCUT2D eigenvalue weighted by Gasteiger charge is 2.24. The minimum absolute atomic E-state index is 0.382. The predicted octanol–water partition coefficient (Wildman–Crippen LogP) is 3.18. The van der Waals surface area contributed by atoms with Gasteiger partial charge in [-0.1, -0.05) is 30.0 Å². The van der Waals surface area contributed by atoms with E-state index in [1.165, 1.54) is 24.3 Å². The predicted molar refractivity (Wildman–Crippen MR) is 92.1 cm³/mol. The summed E-state index contributed by atoms with van der Waals surface area (Å²) in [5.74, 6) is 0.143. The van der Waals surface area contributed by atoms with Crippen LogP contribution in [0.15, 0.2) is 64.9 Å². The summed E-state index contributed by atoms with van der Waals surface area (Å²) in [6.07, 6.45) is 3.23. The highest BCUT2D eigenvalue weighted by atomic mass is 32.2. The van der Waals surface area contributed by atoms with E-state index in [1.807, 2.05) is 0 Å². The summed E-state index contributed by atoms with van der Waals surface area (Å²) in [4.78, 5) is 11.9. The van der Waals surface area contributed by atoms with E-state index in [0.717, 1.165) is 11.8 Å². The highest BCUT2D eigenvalue weighted by Crippen LogP contribution is 2.35. The van der Waals surface area contributed by atoms with E-state index >= 15 is 0 Å². The number of carbonyl (C=O) groups excluding carboxylic acids is 1. The van der Waals surface area contributed by atoms with Crippen LogP contribution in [0.2, 0.25) is 0 Å². The SMILES string of the molecule is C=CCn1c(SC(C(N)=O)c2ccc(F)cc2)nnc1-c1ccco1. The summed E-state index contributed by atoms with van der Waals surface area (Å²) in [5.41, 5.74) is 6.12. The third kappa shape index (κ3) is 3.63. The van der Waals surface area contributed by atoms with Gasteiger partial charge in [0.2, 0.25) is 11.7 Å². The fourth-order valence-corrected chi connectivity index (χ4v) is 3.29. The lowest BCUT2D eigenvalue weighted by molar-refractivity contribution is -0.117. The van der Waals surface area contributed by atoms with Gasteiger partial charge in [0.25, 0.3) is 0 Å². The van der Waals surface area contributed by atoms with Gasteiger partial charge in [-0.3, -0.25) is 9.36 Å². The first-order valence-electron chi connectivity index (χ1n) is 7.39. The first-order valence-corrected chi connectivity index (χ1v) is 8.27. The average molecular weight is 358 g/mol. The quantitative estimate of drug-likeness (QED) is 0.518. The molecule has 2 heterocycles. The smallest absolute Gasteiger partial charge is 0.235 e. The second kappa shape index (κ2) is 7.35. The zero-order valence-electron chi connectivity index (χ0n) is 13.1. The summed E-state index contributed by atoms with van der Waals surface area (Å²) < 4.78 is 20.3. The first kappa shape index (κ1) is 17.0. The molecule has 1 aromatic carbocycles. The van der Waals surface area contributed by atoms with Crippen molar-refractivity contribution in [1.29, 1.82) is 0 Å². The van der Waals surface area contributed by atoms with Crippen LogP contribution in [-0.4, -0.2) is 20.7 Å². The molecule has 0 spiro atoms. The number of hydrogen-bond donors (Lipinski definition) is 1. The number of rotatable bonds is 7. The summed E-state index contributed by atoms with van der Waals surface area (Å²) in [6.45, 7) is 4.16. The summed E-state index contributed by atoms with van der Waals surface area (Å²) in [5, 5.41) is 8.04. The lowest BCUT2D eigenvalue weighted by atomic mass is 10.1. The third-order valence-corrected chi connectivity index (χ3v) is 4.68. The topological polar surface area (TPSA) is 86.9 Å². The molecule has 25 heavy (non-hydrogen) atoms. The summed E-state index contributed by atoms with van der Waals surface area (Å²) >= 11 is 1.14. The normalized spacial score (nSPS) is 12.0. The molecule has 0 radical (unpaired) electrons. The second-order valence-electron chi connectivity index (χ2n) is 5.13. The van der Waals surface area contributed by atoms with E-state index in [2.05, 4.69) is 16.8 Å². The third-order valence-electron chi connectivity index (χ3n) is 3.42. The minimum atomic E-state index is -0.724. The Morgan fingerprint density at radius 2 is 2.12 bits per heavy atom. The molecule has 0 bridgehead atoms. The highest BCUT2D eigenvalue weighted by molar-refractivity contribution is 8.00. The van der Waals surface area contributed by atoms with Gasteiger partial charge in [0.1, 0.15) is 11.1 Å². The molecule has 1 atom stereocenters. The van der Waals surface area contributed by atoms with Gasteiger partial charge in [-0.05, 0) is 29.8 Å². The van der Waals surface area contributed by atoms with Crippen molar-refractivity contribution in [2.24, 2.45) is 5.73 Å². The number of nitrogens with zero attached hydrogens (tertiary/aromatic N) is 3. The van der Waals surface area contributed by atoms with Crippen molar-refractivity contribution in [3.05, 3.63) is 66.7 Å². The van der Waals surface area contributed by atoms with Crippen molar-refractivity contribution in [2.45, 2.75) is 17.0 Å². The van der Waals surface area contributed by atoms with Crippen molar-refractivity contribution in [1.82, 2.24) is 14.8 Å². The molecule has 1 unspecified atom stereocenters. The molecule has 128 valence electrons. The van der Waals surface area contributed by atoms with Crippen LogP contribution in [0.4, 0.5) is 4.39 Å². The molecule has 3 aromatic rings. The molecule has 6 nitrogen and oxygen atoms in total. The number of benzene rings is 1. The zero-order valence-corrected chi connectivity index (χ0v) is 13.9. The Morgan fingerprint density at radius 3 is 2.72 bits per heavy atom. The number of nitrogens with two attached hydrogens (primary N) is 1. The fraction of sp³-hybridized carbons (Fsp3) is 0.118. The molecule has 0 aliphatic rings. The standard InChI is InChI=1S/C17H15FN4O2S/c1-2-9-22-16(13-4-3-10-24-13)20-21-17(22)25-14(15(19)23)11-5-7-12(18)8-6-11/h2-8,10,14H,1,9H2,(H2,19,23). The number of furan rings is 1. The molecule has 0 saturated heterocycles. The van der Waals surface area contributed by atoms with Crippen LogP contribution < -0.4 is 5.73 Å². The molecule has 0 aliphatic carbocycles. The molecular formula is C17H15FN4O2S. The number of aromatic nitrogens is 3. The maximum atomic E-state index is 13.1. The number of halogens is 1. The van der Waals surface area contributed by atoms with Gasteiger partial charge in [-0.2, -0.15) is 0 Å². The number of primary amides is 1. The Bertz CT molecular complexity index is 875. The number of thioether (sulfide) groups is 1. The Hall–Kier alpha value is -2.87. The largest absolute Gasteiger partial charge is 0.461 e. The number of carbonyl (C=O) groups is 1. The number of allylic oxidation sites excluding steroid dienone is 1. The first-order chi connectivity index (χ1) is 12.1. The van der Waals surface area contributed by atoms with Gasteiger partial charge in [-0.25, -0.2) is 4.39 Å². The van der Waals surface area contributed by atoms with E-state index in [-0.39, 0.29) is 5.82 Å². The van der Waals surface area contributed by atoms with Gasteiger partial charge in [0.05, 0.1) is 6.26 Å². The molecule has 2 aromatic heterocycles.